The highest BCUT2D eigenvalue weighted by Crippen LogP contribution is 2.27. The van der Waals surface area contributed by atoms with E-state index < -0.39 is 0 Å². The highest BCUT2D eigenvalue weighted by atomic mass is 32.2. The standard InChI is InChI=1S/C9H12O3S.C4H8N3/c1-6-4-7(2)9(8(3)5-6)13-12-11-10;1-6-2-3-7(5)4-6/h4-5,10H,1-3H3;2-4H,5H2,1H3/q;+1/p-1. The fraction of sp³-hybridized carbons (Fsp3) is 0.308. The Morgan fingerprint density at radius 2 is 1.85 bits per heavy atom. The Bertz CT molecular complexity index is 518. The van der Waals surface area contributed by atoms with Gasteiger partial charge in [-0.25, -0.2) is 4.57 Å². The average molecular weight is 297 g/mol. The topological polar surface area (TPSA) is 76.4 Å². The number of nitrogen functional groups attached to an aromatic ring is 1. The average Bonchev–Trinajstić information content (AvgIpc) is 2.72. The molecule has 0 saturated carbocycles. The molecule has 2 N–H and O–H groups in total. The molecule has 0 aliphatic heterocycles. The van der Waals surface area contributed by atoms with Crippen LogP contribution in [0.3, 0.4) is 0 Å². The van der Waals surface area contributed by atoms with E-state index in [0.29, 0.717) is 0 Å². The number of aryl methyl sites for hydroxylation is 4. The van der Waals surface area contributed by atoms with Gasteiger partial charge in [0.25, 0.3) is 6.33 Å². The fourth-order valence-electron chi connectivity index (χ4n) is 1.82. The van der Waals surface area contributed by atoms with Gasteiger partial charge in [-0.1, -0.05) is 17.7 Å². The van der Waals surface area contributed by atoms with Crippen molar-refractivity contribution >= 4 is 12.0 Å². The molecular weight excluding hydrogens is 278 g/mol. The van der Waals surface area contributed by atoms with E-state index in [1.165, 1.54) is 10.2 Å². The first kappa shape index (κ1) is 16.5. The number of aromatic nitrogens is 2. The third-order valence-corrected chi connectivity index (χ3v) is 3.47. The van der Waals surface area contributed by atoms with Crippen LogP contribution in [-0.2, 0) is 16.4 Å². The molecule has 0 bridgehead atoms. The molecule has 1 heterocycles. The van der Waals surface area contributed by atoms with Crippen LogP contribution in [-0.4, -0.2) is 4.68 Å². The van der Waals surface area contributed by atoms with Crippen molar-refractivity contribution in [3.63, 3.8) is 0 Å². The van der Waals surface area contributed by atoms with Crippen LogP contribution < -0.4 is 15.7 Å². The fourth-order valence-corrected chi connectivity index (χ4v) is 2.29. The van der Waals surface area contributed by atoms with Gasteiger partial charge in [0.2, 0.25) is 0 Å². The van der Waals surface area contributed by atoms with Crippen molar-refractivity contribution in [3.05, 3.63) is 47.5 Å². The number of nitrogens with zero attached hydrogens (tertiary/aromatic N) is 2. The lowest BCUT2D eigenvalue weighted by Crippen LogP contribution is -2.24. The van der Waals surface area contributed by atoms with Gasteiger partial charge in [0, 0.05) is 4.90 Å². The molecule has 6 nitrogen and oxygen atoms in total. The van der Waals surface area contributed by atoms with E-state index in [1.54, 1.807) is 12.5 Å². The molecule has 2 rings (SSSR count). The molecule has 0 spiro atoms. The van der Waals surface area contributed by atoms with Gasteiger partial charge in [0.1, 0.15) is 6.20 Å². The number of imidazole rings is 1. The van der Waals surface area contributed by atoms with E-state index in [1.807, 2.05) is 50.7 Å². The van der Waals surface area contributed by atoms with E-state index in [9.17, 15) is 5.26 Å². The predicted octanol–water partition coefficient (Wildman–Crippen LogP) is 0.869. The summed E-state index contributed by atoms with van der Waals surface area (Å²) in [6.45, 7) is 5.96. The van der Waals surface area contributed by atoms with Gasteiger partial charge in [-0.2, -0.15) is 4.33 Å². The quantitative estimate of drug-likeness (QED) is 0.299. The second-order valence-electron chi connectivity index (χ2n) is 4.47. The molecule has 0 aliphatic carbocycles. The largest absolute Gasteiger partial charge is 0.691 e. The van der Waals surface area contributed by atoms with Gasteiger partial charge in [0.05, 0.1) is 19.1 Å². The Morgan fingerprint density at radius 1 is 1.25 bits per heavy atom. The second-order valence-corrected chi connectivity index (χ2v) is 5.18. The Morgan fingerprint density at radius 3 is 2.20 bits per heavy atom. The highest BCUT2D eigenvalue weighted by molar-refractivity contribution is 7.94. The molecule has 1 aromatic carbocycles. The van der Waals surface area contributed by atoms with E-state index in [0.717, 1.165) is 28.1 Å². The molecule has 0 aliphatic rings. The van der Waals surface area contributed by atoms with Crippen molar-refractivity contribution in [2.75, 3.05) is 5.84 Å². The minimum atomic E-state index is 0.932. The summed E-state index contributed by atoms with van der Waals surface area (Å²) in [7, 11) is 1.92. The van der Waals surface area contributed by atoms with Crippen molar-refractivity contribution in [1.82, 2.24) is 4.68 Å². The Hall–Kier alpha value is -1.54. The van der Waals surface area contributed by atoms with Crippen molar-refractivity contribution in [2.45, 2.75) is 25.7 Å². The third kappa shape index (κ3) is 5.22. The van der Waals surface area contributed by atoms with Crippen molar-refractivity contribution < 1.29 is 19.2 Å². The third-order valence-electron chi connectivity index (χ3n) is 2.54. The van der Waals surface area contributed by atoms with Crippen LogP contribution in [0.1, 0.15) is 16.7 Å². The zero-order chi connectivity index (χ0) is 15.1. The molecule has 7 heteroatoms. The van der Waals surface area contributed by atoms with Gasteiger partial charge in [-0.3, -0.25) is 10.9 Å². The molecule has 0 amide bonds. The lowest BCUT2D eigenvalue weighted by Gasteiger charge is -2.10. The van der Waals surface area contributed by atoms with Crippen molar-refractivity contribution in [2.24, 2.45) is 7.05 Å². The van der Waals surface area contributed by atoms with Crippen LogP contribution in [0.15, 0.2) is 35.7 Å². The Balaban J connectivity index is 0.000000240. The van der Waals surface area contributed by atoms with Crippen LogP contribution in [0, 0.1) is 20.8 Å². The second kappa shape index (κ2) is 7.91. The SMILES string of the molecule is C[n+]1ccn(N)c1.Cc1cc(C)c(SOO[O-])c(C)c1. The molecule has 0 fully saturated rings. The maximum absolute atomic E-state index is 9.65. The number of hydrogen-bond donors (Lipinski definition) is 1. The van der Waals surface area contributed by atoms with Gasteiger partial charge < -0.3 is 5.26 Å². The molecule has 1 aromatic heterocycles. The lowest BCUT2D eigenvalue weighted by atomic mass is 10.1. The van der Waals surface area contributed by atoms with Crippen LogP contribution in [0.4, 0.5) is 0 Å². The minimum Gasteiger partial charge on any atom is -0.691 e. The zero-order valence-corrected chi connectivity index (χ0v) is 12.8. The maximum atomic E-state index is 9.65. The summed E-state index contributed by atoms with van der Waals surface area (Å²) in [4.78, 5) is 0.932. The van der Waals surface area contributed by atoms with E-state index in [-0.39, 0.29) is 0 Å². The smallest absolute Gasteiger partial charge is 0.266 e. The summed E-state index contributed by atoms with van der Waals surface area (Å²) < 4.78 is 7.66. The summed E-state index contributed by atoms with van der Waals surface area (Å²) in [5, 5.41) is 12.9. The van der Waals surface area contributed by atoms with E-state index in [4.69, 9.17) is 5.84 Å². The molecule has 0 saturated heterocycles. The predicted molar refractivity (Wildman–Crippen MR) is 74.4 cm³/mol. The first-order valence-corrected chi connectivity index (χ1v) is 6.67. The van der Waals surface area contributed by atoms with Crippen LogP contribution in [0.25, 0.3) is 0 Å². The summed E-state index contributed by atoms with van der Waals surface area (Å²) in [6.07, 6.45) is 5.43. The van der Waals surface area contributed by atoms with Crippen molar-refractivity contribution in [1.29, 1.82) is 0 Å². The van der Waals surface area contributed by atoms with Crippen LogP contribution in [0.2, 0.25) is 0 Å². The van der Waals surface area contributed by atoms with Crippen LogP contribution >= 0.6 is 12.0 Å². The molecule has 0 atom stereocenters. The molecule has 0 radical (unpaired) electrons. The first-order chi connectivity index (χ1) is 9.43. The highest BCUT2D eigenvalue weighted by Gasteiger charge is 2.04. The lowest BCUT2D eigenvalue weighted by molar-refractivity contribution is -0.777. The number of hydrogen-bond acceptors (Lipinski definition) is 5. The molecular formula is C13H19N3O3S. The molecule has 0 unspecified atom stereocenters. The van der Waals surface area contributed by atoms with Crippen molar-refractivity contribution in [3.8, 4) is 0 Å². The van der Waals surface area contributed by atoms with Crippen LogP contribution in [0.5, 0.6) is 0 Å². The Kier molecular flexibility index (Phi) is 6.53. The summed E-state index contributed by atoms with van der Waals surface area (Å²) in [6, 6.07) is 4.06. The summed E-state index contributed by atoms with van der Waals surface area (Å²) >= 11 is 0.948. The monoisotopic (exact) mass is 297 g/mol. The van der Waals surface area contributed by atoms with Gasteiger partial charge >= 0.3 is 0 Å². The van der Waals surface area contributed by atoms with Gasteiger partial charge in [-0.15, -0.1) is 4.68 Å². The number of rotatable bonds is 3. The van der Waals surface area contributed by atoms with Gasteiger partial charge in [-0.05, 0) is 31.9 Å². The summed E-state index contributed by atoms with van der Waals surface area (Å²) in [5.74, 6) is 5.27. The first-order valence-electron chi connectivity index (χ1n) is 5.93. The van der Waals surface area contributed by atoms with E-state index in [2.05, 4.69) is 9.37 Å². The molecule has 20 heavy (non-hydrogen) atoms. The van der Waals surface area contributed by atoms with Gasteiger partial charge in [0.15, 0.2) is 6.20 Å². The minimum absolute atomic E-state index is 0.932. The number of nitrogens with two attached hydrogens (primary N) is 1. The number of benzene rings is 1. The Labute approximate surface area is 122 Å². The normalized spacial score (nSPS) is 10.1. The summed E-state index contributed by atoms with van der Waals surface area (Å²) in [5.41, 5.74) is 3.36. The molecule has 110 valence electrons. The maximum Gasteiger partial charge on any atom is 0.266 e. The van der Waals surface area contributed by atoms with E-state index >= 15 is 0 Å². The zero-order valence-electron chi connectivity index (χ0n) is 12.0. The molecule has 2 aromatic rings.